The lowest BCUT2D eigenvalue weighted by atomic mass is 9.90. The van der Waals surface area contributed by atoms with Crippen molar-refractivity contribution in [3.05, 3.63) is 46.5 Å². The normalized spacial score (nSPS) is 28.9. The zero-order valence-corrected chi connectivity index (χ0v) is 14.2. The van der Waals surface area contributed by atoms with Gasteiger partial charge in [0, 0.05) is 24.2 Å². The van der Waals surface area contributed by atoms with Crippen molar-refractivity contribution >= 4 is 17.5 Å². The van der Waals surface area contributed by atoms with Crippen LogP contribution in [0.25, 0.3) is 0 Å². The zero-order valence-electron chi connectivity index (χ0n) is 13.5. The first-order valence-corrected chi connectivity index (χ1v) is 8.96. The van der Waals surface area contributed by atoms with E-state index in [9.17, 15) is 4.79 Å². The average molecular weight is 331 g/mol. The largest absolute Gasteiger partial charge is 0.335 e. The maximum absolute atomic E-state index is 13.2. The van der Waals surface area contributed by atoms with E-state index in [1.54, 1.807) is 0 Å². The van der Waals surface area contributed by atoms with Crippen molar-refractivity contribution in [2.45, 2.75) is 32.4 Å². The number of halogens is 1. The fourth-order valence-electron chi connectivity index (χ4n) is 3.97. The molecule has 0 radical (unpaired) electrons. The van der Waals surface area contributed by atoms with Crippen molar-refractivity contribution < 1.29 is 4.79 Å². The van der Waals surface area contributed by atoms with E-state index in [4.69, 9.17) is 11.6 Å². The highest BCUT2D eigenvalue weighted by molar-refractivity contribution is 6.32. The maximum Gasteiger partial charge on any atom is 0.230 e. The summed E-state index contributed by atoms with van der Waals surface area (Å²) in [5, 5.41) is 4.22. The van der Waals surface area contributed by atoms with Gasteiger partial charge in [0.25, 0.3) is 0 Å². The highest BCUT2D eigenvalue weighted by Crippen LogP contribution is 2.38. The molecule has 3 nitrogen and oxygen atoms in total. The van der Waals surface area contributed by atoms with Crippen LogP contribution in [0.15, 0.2) is 30.4 Å². The summed E-state index contributed by atoms with van der Waals surface area (Å²) in [4.78, 5) is 15.3. The maximum atomic E-state index is 13.2. The summed E-state index contributed by atoms with van der Waals surface area (Å²) in [5.74, 6) is 1.31. The SMILES string of the molecule is Cc1cccc(CN(C(=O)C2C=CC3CNCC32)C2CC2)c1Cl. The van der Waals surface area contributed by atoms with Gasteiger partial charge in [-0.2, -0.15) is 0 Å². The summed E-state index contributed by atoms with van der Waals surface area (Å²) in [7, 11) is 0. The first-order valence-electron chi connectivity index (χ1n) is 8.58. The molecule has 3 aliphatic rings. The lowest BCUT2D eigenvalue weighted by Crippen LogP contribution is -2.39. The molecular weight excluding hydrogens is 308 g/mol. The summed E-state index contributed by atoms with van der Waals surface area (Å²) >= 11 is 6.45. The Morgan fingerprint density at radius 3 is 2.91 bits per heavy atom. The quantitative estimate of drug-likeness (QED) is 0.860. The van der Waals surface area contributed by atoms with Crippen molar-refractivity contribution in [2.24, 2.45) is 17.8 Å². The molecule has 0 spiro atoms. The van der Waals surface area contributed by atoms with E-state index in [1.807, 2.05) is 25.1 Å². The summed E-state index contributed by atoms with van der Waals surface area (Å²) in [5.41, 5.74) is 2.14. The number of nitrogens with zero attached hydrogens (tertiary/aromatic N) is 1. The van der Waals surface area contributed by atoms with Crippen LogP contribution in [0, 0.1) is 24.7 Å². The fourth-order valence-corrected chi connectivity index (χ4v) is 4.16. The monoisotopic (exact) mass is 330 g/mol. The molecule has 1 heterocycles. The van der Waals surface area contributed by atoms with Gasteiger partial charge in [0.2, 0.25) is 5.91 Å². The Labute approximate surface area is 142 Å². The van der Waals surface area contributed by atoms with E-state index in [1.165, 1.54) is 0 Å². The minimum absolute atomic E-state index is 0.0409. The van der Waals surface area contributed by atoms with Gasteiger partial charge in [0.15, 0.2) is 0 Å². The number of amides is 1. The zero-order chi connectivity index (χ0) is 16.0. The summed E-state index contributed by atoms with van der Waals surface area (Å²) in [6.45, 7) is 4.62. The number of benzene rings is 1. The number of hydrogen-bond acceptors (Lipinski definition) is 2. The van der Waals surface area contributed by atoms with E-state index in [-0.39, 0.29) is 11.8 Å². The Bertz CT molecular complexity index is 653. The smallest absolute Gasteiger partial charge is 0.230 e. The highest BCUT2D eigenvalue weighted by Gasteiger charge is 2.43. The van der Waals surface area contributed by atoms with Gasteiger partial charge in [-0.25, -0.2) is 0 Å². The molecule has 23 heavy (non-hydrogen) atoms. The van der Waals surface area contributed by atoms with Crippen LogP contribution in [0.5, 0.6) is 0 Å². The molecular formula is C19H23ClN2O. The van der Waals surface area contributed by atoms with Crippen molar-refractivity contribution in [1.82, 2.24) is 10.2 Å². The topological polar surface area (TPSA) is 32.3 Å². The van der Waals surface area contributed by atoms with Crippen molar-refractivity contribution in [3.8, 4) is 0 Å². The number of nitrogens with one attached hydrogen (secondary N) is 1. The molecule has 3 unspecified atom stereocenters. The second-order valence-corrected chi connectivity index (χ2v) is 7.52. The van der Waals surface area contributed by atoms with Gasteiger partial charge in [-0.1, -0.05) is 42.0 Å². The van der Waals surface area contributed by atoms with E-state index in [0.29, 0.717) is 24.4 Å². The molecule has 1 saturated heterocycles. The van der Waals surface area contributed by atoms with E-state index < -0.39 is 0 Å². The third kappa shape index (κ3) is 2.81. The Morgan fingerprint density at radius 2 is 2.13 bits per heavy atom. The van der Waals surface area contributed by atoms with Crippen LogP contribution in [-0.2, 0) is 11.3 Å². The van der Waals surface area contributed by atoms with E-state index in [0.717, 1.165) is 42.1 Å². The molecule has 1 aromatic carbocycles. The number of carbonyl (C=O) groups is 1. The molecule has 2 fully saturated rings. The second kappa shape index (κ2) is 5.95. The highest BCUT2D eigenvalue weighted by atomic mass is 35.5. The van der Waals surface area contributed by atoms with Crippen LogP contribution < -0.4 is 5.32 Å². The molecule has 0 bridgehead atoms. The predicted octanol–water partition coefficient (Wildman–Crippen LogP) is 3.16. The minimum Gasteiger partial charge on any atom is -0.335 e. The third-order valence-corrected chi connectivity index (χ3v) is 6.05. The van der Waals surface area contributed by atoms with Gasteiger partial charge in [-0.15, -0.1) is 0 Å². The van der Waals surface area contributed by atoms with Crippen molar-refractivity contribution in [2.75, 3.05) is 13.1 Å². The van der Waals surface area contributed by atoms with Crippen LogP contribution in [0.1, 0.15) is 24.0 Å². The van der Waals surface area contributed by atoms with Crippen LogP contribution in [-0.4, -0.2) is 29.9 Å². The number of hydrogen-bond donors (Lipinski definition) is 1. The standard InChI is InChI=1S/C19H23ClN2O/c1-12-3-2-4-14(18(12)20)11-22(15-6-7-15)19(23)16-8-5-13-9-21-10-17(13)16/h2-5,8,13,15-17,21H,6-7,9-11H2,1H3. The molecule has 3 atom stereocenters. The minimum atomic E-state index is 0.0409. The number of fused-ring (bicyclic) bond motifs is 1. The van der Waals surface area contributed by atoms with Crippen molar-refractivity contribution in [3.63, 3.8) is 0 Å². The third-order valence-electron chi connectivity index (χ3n) is 5.51. The van der Waals surface area contributed by atoms with Crippen LogP contribution in [0.2, 0.25) is 5.02 Å². The van der Waals surface area contributed by atoms with E-state index >= 15 is 0 Å². The number of aryl methyl sites for hydroxylation is 1. The van der Waals surface area contributed by atoms with Gasteiger partial charge in [-0.3, -0.25) is 4.79 Å². The van der Waals surface area contributed by atoms with Gasteiger partial charge in [0.05, 0.1) is 5.92 Å². The Hall–Kier alpha value is -1.32. The Balaban J connectivity index is 1.55. The molecule has 4 rings (SSSR count). The fraction of sp³-hybridized carbons (Fsp3) is 0.526. The predicted molar refractivity (Wildman–Crippen MR) is 92.2 cm³/mol. The number of rotatable bonds is 4. The molecule has 1 aliphatic heterocycles. The van der Waals surface area contributed by atoms with Crippen LogP contribution in [0.4, 0.5) is 0 Å². The Morgan fingerprint density at radius 1 is 1.30 bits per heavy atom. The van der Waals surface area contributed by atoms with Gasteiger partial charge in [0.1, 0.15) is 0 Å². The number of carbonyl (C=O) groups excluding carboxylic acids is 1. The molecule has 2 aliphatic carbocycles. The molecule has 4 heteroatoms. The molecule has 0 aromatic heterocycles. The van der Waals surface area contributed by atoms with Crippen LogP contribution in [0.3, 0.4) is 0 Å². The Kier molecular flexibility index (Phi) is 3.94. The lowest BCUT2D eigenvalue weighted by molar-refractivity contribution is -0.136. The second-order valence-electron chi connectivity index (χ2n) is 7.14. The molecule has 1 N–H and O–H groups in total. The first kappa shape index (κ1) is 15.2. The summed E-state index contributed by atoms with van der Waals surface area (Å²) in [6.07, 6.45) is 6.62. The molecule has 122 valence electrons. The average Bonchev–Trinajstić information content (AvgIpc) is 3.13. The van der Waals surface area contributed by atoms with Crippen molar-refractivity contribution in [1.29, 1.82) is 0 Å². The van der Waals surface area contributed by atoms with E-state index in [2.05, 4.69) is 22.4 Å². The molecule has 1 saturated carbocycles. The first-order chi connectivity index (χ1) is 11.1. The summed E-state index contributed by atoms with van der Waals surface area (Å²) < 4.78 is 0. The van der Waals surface area contributed by atoms with Gasteiger partial charge >= 0.3 is 0 Å². The molecule has 1 aromatic rings. The lowest BCUT2D eigenvalue weighted by Gasteiger charge is -2.28. The molecule has 1 amide bonds. The van der Waals surface area contributed by atoms with Gasteiger partial charge < -0.3 is 10.2 Å². The van der Waals surface area contributed by atoms with Gasteiger partial charge in [-0.05, 0) is 49.3 Å². The summed E-state index contributed by atoms with van der Waals surface area (Å²) in [6, 6.07) is 6.49. The van der Waals surface area contributed by atoms with Crippen LogP contribution >= 0.6 is 11.6 Å².